The van der Waals surface area contributed by atoms with Gasteiger partial charge in [-0.1, -0.05) is 18.2 Å². The number of aryl methyl sites for hydroxylation is 2. The van der Waals surface area contributed by atoms with Crippen molar-refractivity contribution in [2.75, 3.05) is 12.0 Å². The number of benzene rings is 3. The third-order valence-electron chi connectivity index (χ3n) is 7.02. The fourth-order valence-corrected chi connectivity index (χ4v) is 6.15. The number of anilines is 1. The number of hydrogen-bond donors (Lipinski definition) is 1. The Kier molecular flexibility index (Phi) is 6.38. The lowest BCUT2D eigenvalue weighted by Crippen LogP contribution is -2.35. The Morgan fingerprint density at radius 2 is 1.69 bits per heavy atom. The zero-order valence-electron chi connectivity index (χ0n) is 20.1. The van der Waals surface area contributed by atoms with Crippen molar-refractivity contribution < 1.29 is 17.9 Å². The van der Waals surface area contributed by atoms with Gasteiger partial charge in [0.15, 0.2) is 0 Å². The maximum atomic E-state index is 13.3. The van der Waals surface area contributed by atoms with Crippen molar-refractivity contribution in [1.29, 1.82) is 0 Å². The van der Waals surface area contributed by atoms with Crippen molar-refractivity contribution in [2.45, 2.75) is 56.5 Å². The van der Waals surface area contributed by atoms with E-state index in [1.165, 1.54) is 5.56 Å². The maximum absolute atomic E-state index is 13.3. The Balaban J connectivity index is 1.34. The van der Waals surface area contributed by atoms with Gasteiger partial charge in [-0.25, -0.2) is 13.1 Å². The predicted octanol–water partition coefficient (Wildman–Crippen LogP) is 4.64. The highest BCUT2D eigenvalue weighted by molar-refractivity contribution is 7.89. The minimum absolute atomic E-state index is 0.0158. The standard InChI is InChI=1S/C28H30N2O4S/c1-19-15-24-8-7-20(16-27(24)30(19)28(31)22-9-12-25(34-2)13-10-22)18-29-35(32,33)26-14-11-21-5-3-4-6-23(21)17-26/h7-14,16-17,19,29H,3-6,15,18H2,1-2H3/t19-/m0/s1. The molecule has 1 atom stereocenters. The predicted molar refractivity (Wildman–Crippen MR) is 137 cm³/mol. The van der Waals surface area contributed by atoms with E-state index in [0.717, 1.165) is 54.5 Å². The molecule has 1 aliphatic heterocycles. The number of hydrogen-bond acceptors (Lipinski definition) is 4. The Morgan fingerprint density at radius 1 is 0.971 bits per heavy atom. The molecule has 5 rings (SSSR count). The van der Waals surface area contributed by atoms with E-state index in [-0.39, 0.29) is 18.5 Å². The van der Waals surface area contributed by atoms with Gasteiger partial charge in [-0.2, -0.15) is 0 Å². The van der Waals surface area contributed by atoms with Crippen LogP contribution >= 0.6 is 0 Å². The number of sulfonamides is 1. The molecule has 0 saturated heterocycles. The van der Waals surface area contributed by atoms with Crippen molar-refractivity contribution in [1.82, 2.24) is 4.72 Å². The first-order valence-electron chi connectivity index (χ1n) is 12.1. The van der Waals surface area contributed by atoms with E-state index in [4.69, 9.17) is 4.74 Å². The largest absolute Gasteiger partial charge is 0.497 e. The lowest BCUT2D eigenvalue weighted by atomic mass is 9.92. The molecule has 0 aromatic heterocycles. The summed E-state index contributed by atoms with van der Waals surface area (Å²) in [7, 11) is -2.04. The molecule has 35 heavy (non-hydrogen) atoms. The monoisotopic (exact) mass is 490 g/mol. The van der Waals surface area contributed by atoms with Gasteiger partial charge >= 0.3 is 0 Å². The molecule has 0 radical (unpaired) electrons. The normalized spacial score (nSPS) is 17.1. The summed E-state index contributed by atoms with van der Waals surface area (Å²) in [6.07, 6.45) is 4.97. The minimum Gasteiger partial charge on any atom is -0.497 e. The van der Waals surface area contributed by atoms with E-state index in [9.17, 15) is 13.2 Å². The van der Waals surface area contributed by atoms with Crippen LogP contribution in [0.25, 0.3) is 0 Å². The number of rotatable bonds is 6. The third kappa shape index (κ3) is 4.70. The van der Waals surface area contributed by atoms with Crippen molar-refractivity contribution >= 4 is 21.6 Å². The van der Waals surface area contributed by atoms with Gasteiger partial charge < -0.3 is 9.64 Å². The molecule has 0 fully saturated rings. The summed E-state index contributed by atoms with van der Waals surface area (Å²) in [5, 5.41) is 0. The quantitative estimate of drug-likeness (QED) is 0.546. The number of methoxy groups -OCH3 is 1. The van der Waals surface area contributed by atoms with Crippen molar-refractivity contribution in [3.05, 3.63) is 88.5 Å². The zero-order valence-corrected chi connectivity index (χ0v) is 20.9. The highest BCUT2D eigenvalue weighted by Gasteiger charge is 2.32. The Morgan fingerprint density at radius 3 is 2.43 bits per heavy atom. The van der Waals surface area contributed by atoms with Gasteiger partial charge in [-0.15, -0.1) is 0 Å². The van der Waals surface area contributed by atoms with E-state index < -0.39 is 10.0 Å². The number of carbonyl (C=O) groups excluding carboxylic acids is 1. The number of fused-ring (bicyclic) bond motifs is 2. The first-order chi connectivity index (χ1) is 16.9. The second-order valence-electron chi connectivity index (χ2n) is 9.38. The van der Waals surface area contributed by atoms with Gasteiger partial charge in [0.05, 0.1) is 12.0 Å². The molecular weight excluding hydrogens is 460 g/mol. The van der Waals surface area contributed by atoms with Crippen LogP contribution in [-0.4, -0.2) is 27.5 Å². The van der Waals surface area contributed by atoms with Crippen LogP contribution in [0.2, 0.25) is 0 Å². The van der Waals surface area contributed by atoms with Crippen molar-refractivity contribution in [3.8, 4) is 5.75 Å². The average molecular weight is 491 g/mol. The molecule has 2 aliphatic rings. The number of nitrogens with one attached hydrogen (secondary N) is 1. The molecule has 0 spiro atoms. The smallest absolute Gasteiger partial charge is 0.258 e. The summed E-state index contributed by atoms with van der Waals surface area (Å²) >= 11 is 0. The molecule has 3 aromatic rings. The first kappa shape index (κ1) is 23.6. The van der Waals surface area contributed by atoms with E-state index in [1.54, 1.807) is 42.3 Å². The van der Waals surface area contributed by atoms with Crippen LogP contribution < -0.4 is 14.4 Å². The van der Waals surface area contributed by atoms with Crippen LogP contribution in [0.15, 0.2) is 65.6 Å². The van der Waals surface area contributed by atoms with Gasteiger partial charge in [-0.05, 0) is 104 Å². The SMILES string of the molecule is COc1ccc(C(=O)N2c3cc(CNS(=O)(=O)c4ccc5c(c4)CCCC5)ccc3C[C@@H]2C)cc1. The Hall–Kier alpha value is -3.16. The topological polar surface area (TPSA) is 75.7 Å². The third-order valence-corrected chi connectivity index (χ3v) is 8.42. The molecule has 7 heteroatoms. The number of ether oxygens (including phenoxy) is 1. The van der Waals surface area contributed by atoms with Crippen LogP contribution in [-0.2, 0) is 35.8 Å². The average Bonchev–Trinajstić information content (AvgIpc) is 3.21. The van der Waals surface area contributed by atoms with E-state index >= 15 is 0 Å². The van der Waals surface area contributed by atoms with E-state index in [2.05, 4.69) is 4.72 Å². The van der Waals surface area contributed by atoms with Crippen LogP contribution in [0.3, 0.4) is 0 Å². The van der Waals surface area contributed by atoms with Gasteiger partial charge in [0.25, 0.3) is 5.91 Å². The van der Waals surface area contributed by atoms with Crippen molar-refractivity contribution in [3.63, 3.8) is 0 Å². The molecule has 182 valence electrons. The summed E-state index contributed by atoms with van der Waals surface area (Å²) in [6.45, 7) is 2.19. The molecule has 0 bridgehead atoms. The number of amides is 1. The molecule has 3 aromatic carbocycles. The highest BCUT2D eigenvalue weighted by Crippen LogP contribution is 2.34. The van der Waals surface area contributed by atoms with E-state index in [1.807, 2.05) is 37.3 Å². The lowest BCUT2D eigenvalue weighted by Gasteiger charge is -2.23. The number of carbonyl (C=O) groups is 1. The molecule has 0 unspecified atom stereocenters. The van der Waals surface area contributed by atoms with Gasteiger partial charge in [0.1, 0.15) is 5.75 Å². The van der Waals surface area contributed by atoms with Crippen LogP contribution in [0, 0.1) is 0 Å². The molecule has 6 nitrogen and oxygen atoms in total. The molecule has 1 N–H and O–H groups in total. The second-order valence-corrected chi connectivity index (χ2v) is 11.1. The minimum atomic E-state index is -3.64. The van der Waals surface area contributed by atoms with Crippen LogP contribution in [0.4, 0.5) is 5.69 Å². The molecule has 1 aliphatic carbocycles. The summed E-state index contributed by atoms with van der Waals surface area (Å²) in [5.74, 6) is 0.621. The highest BCUT2D eigenvalue weighted by atomic mass is 32.2. The van der Waals surface area contributed by atoms with Crippen LogP contribution in [0.1, 0.15) is 52.4 Å². The number of nitrogens with zero attached hydrogens (tertiary/aromatic N) is 1. The fraction of sp³-hybridized carbons (Fsp3) is 0.321. The molecule has 0 saturated carbocycles. The van der Waals surface area contributed by atoms with Gasteiger partial charge in [-0.3, -0.25) is 4.79 Å². The fourth-order valence-electron chi connectivity index (χ4n) is 5.08. The summed E-state index contributed by atoms with van der Waals surface area (Å²) in [5.41, 5.74) is 5.71. The molecule has 1 heterocycles. The summed E-state index contributed by atoms with van der Waals surface area (Å²) in [6, 6.07) is 18.4. The second kappa shape index (κ2) is 9.47. The van der Waals surface area contributed by atoms with Crippen LogP contribution in [0.5, 0.6) is 5.75 Å². The Bertz CT molecular complexity index is 1370. The summed E-state index contributed by atoms with van der Waals surface area (Å²) in [4.78, 5) is 15.4. The first-order valence-corrected chi connectivity index (χ1v) is 13.5. The zero-order chi connectivity index (χ0) is 24.6. The molecular formula is C28H30N2O4S. The van der Waals surface area contributed by atoms with Crippen molar-refractivity contribution in [2.24, 2.45) is 0 Å². The van der Waals surface area contributed by atoms with Gasteiger partial charge in [0, 0.05) is 23.8 Å². The van der Waals surface area contributed by atoms with Gasteiger partial charge in [0.2, 0.25) is 10.0 Å². The van der Waals surface area contributed by atoms with E-state index in [0.29, 0.717) is 16.2 Å². The molecule has 1 amide bonds. The lowest BCUT2D eigenvalue weighted by molar-refractivity contribution is 0.0981. The Labute approximate surface area is 207 Å². The maximum Gasteiger partial charge on any atom is 0.258 e. The summed E-state index contributed by atoms with van der Waals surface area (Å²) < 4.78 is 33.9.